The van der Waals surface area contributed by atoms with Gasteiger partial charge < -0.3 is 14.9 Å². The minimum Gasteiger partial charge on any atom is -0.476 e. The first-order valence-electron chi connectivity index (χ1n) is 6.48. The van der Waals surface area contributed by atoms with E-state index in [1.807, 2.05) is 0 Å². The van der Waals surface area contributed by atoms with Crippen LogP contribution in [0.5, 0.6) is 0 Å². The molecule has 0 aliphatic heterocycles. The third-order valence-electron chi connectivity index (χ3n) is 3.94. The van der Waals surface area contributed by atoms with E-state index in [1.165, 1.54) is 25.3 Å². The van der Waals surface area contributed by atoms with Crippen LogP contribution in [0.3, 0.4) is 0 Å². The van der Waals surface area contributed by atoms with Gasteiger partial charge in [0.05, 0.1) is 6.54 Å². The molecular weight excluding hydrogens is 232 g/mol. The second kappa shape index (κ2) is 5.52. The standard InChI is InChI=1S/C13H20N2O3/c1-8-3-4-10(5-9(8)2)14-7-11-6-12(13(16)17)15-18-11/h6,8-10,14H,3-5,7H2,1-2H3,(H,16,17). The van der Waals surface area contributed by atoms with Gasteiger partial charge in [-0.25, -0.2) is 4.79 Å². The number of hydrogen-bond donors (Lipinski definition) is 2. The summed E-state index contributed by atoms with van der Waals surface area (Å²) in [6, 6.07) is 1.97. The zero-order chi connectivity index (χ0) is 13.1. The van der Waals surface area contributed by atoms with Crippen molar-refractivity contribution >= 4 is 5.97 Å². The van der Waals surface area contributed by atoms with Gasteiger partial charge in [-0.1, -0.05) is 19.0 Å². The molecular formula is C13H20N2O3. The third-order valence-corrected chi connectivity index (χ3v) is 3.94. The van der Waals surface area contributed by atoms with Crippen LogP contribution in [0, 0.1) is 11.8 Å². The summed E-state index contributed by atoms with van der Waals surface area (Å²) in [7, 11) is 0. The van der Waals surface area contributed by atoms with E-state index in [9.17, 15) is 4.79 Å². The van der Waals surface area contributed by atoms with Crippen LogP contribution in [0.15, 0.2) is 10.6 Å². The van der Waals surface area contributed by atoms with E-state index >= 15 is 0 Å². The van der Waals surface area contributed by atoms with Crippen molar-refractivity contribution in [3.05, 3.63) is 17.5 Å². The van der Waals surface area contributed by atoms with E-state index in [2.05, 4.69) is 24.3 Å². The van der Waals surface area contributed by atoms with Crippen molar-refractivity contribution in [2.45, 2.75) is 45.7 Å². The van der Waals surface area contributed by atoms with Gasteiger partial charge in [0.2, 0.25) is 0 Å². The van der Waals surface area contributed by atoms with Crippen LogP contribution >= 0.6 is 0 Å². The highest BCUT2D eigenvalue weighted by molar-refractivity contribution is 5.85. The lowest BCUT2D eigenvalue weighted by atomic mass is 9.79. The lowest BCUT2D eigenvalue weighted by Gasteiger charge is -2.32. The third kappa shape index (κ3) is 3.10. The maximum Gasteiger partial charge on any atom is 0.358 e. The molecule has 3 atom stereocenters. The highest BCUT2D eigenvalue weighted by Crippen LogP contribution is 2.29. The molecule has 0 bridgehead atoms. The first kappa shape index (κ1) is 13.1. The van der Waals surface area contributed by atoms with Gasteiger partial charge in [0.25, 0.3) is 0 Å². The van der Waals surface area contributed by atoms with E-state index in [0.717, 1.165) is 11.8 Å². The molecule has 3 unspecified atom stereocenters. The highest BCUT2D eigenvalue weighted by atomic mass is 16.5. The number of hydrogen-bond acceptors (Lipinski definition) is 4. The van der Waals surface area contributed by atoms with E-state index < -0.39 is 5.97 Å². The number of nitrogens with zero attached hydrogens (tertiary/aromatic N) is 1. The number of nitrogens with one attached hydrogen (secondary N) is 1. The Morgan fingerprint density at radius 3 is 2.89 bits per heavy atom. The average molecular weight is 252 g/mol. The molecule has 1 heterocycles. The fourth-order valence-corrected chi connectivity index (χ4v) is 2.47. The van der Waals surface area contributed by atoms with Crippen LogP contribution in [-0.2, 0) is 6.54 Å². The summed E-state index contributed by atoms with van der Waals surface area (Å²) >= 11 is 0. The summed E-state index contributed by atoms with van der Waals surface area (Å²) in [6.07, 6.45) is 3.59. The van der Waals surface area contributed by atoms with Gasteiger partial charge in [-0.15, -0.1) is 0 Å². The molecule has 0 saturated heterocycles. The first-order valence-corrected chi connectivity index (χ1v) is 6.48. The highest BCUT2D eigenvalue weighted by Gasteiger charge is 2.24. The van der Waals surface area contributed by atoms with E-state index in [4.69, 9.17) is 9.63 Å². The molecule has 1 aliphatic carbocycles. The van der Waals surface area contributed by atoms with Crippen LogP contribution < -0.4 is 5.32 Å². The van der Waals surface area contributed by atoms with Crippen LogP contribution in [0.2, 0.25) is 0 Å². The molecule has 0 amide bonds. The molecule has 1 aliphatic rings. The first-order chi connectivity index (χ1) is 8.56. The quantitative estimate of drug-likeness (QED) is 0.859. The Hall–Kier alpha value is -1.36. The Morgan fingerprint density at radius 1 is 1.50 bits per heavy atom. The van der Waals surface area contributed by atoms with Gasteiger partial charge in [0.15, 0.2) is 11.5 Å². The van der Waals surface area contributed by atoms with Gasteiger partial charge in [-0.2, -0.15) is 0 Å². The average Bonchev–Trinajstić information content (AvgIpc) is 2.79. The maximum atomic E-state index is 10.7. The fraction of sp³-hybridized carbons (Fsp3) is 0.692. The second-order valence-corrected chi connectivity index (χ2v) is 5.33. The van der Waals surface area contributed by atoms with E-state index in [-0.39, 0.29) is 5.69 Å². The molecule has 100 valence electrons. The van der Waals surface area contributed by atoms with Crippen molar-refractivity contribution in [3.8, 4) is 0 Å². The minimum absolute atomic E-state index is 0.0302. The molecule has 5 heteroatoms. The van der Waals surface area contributed by atoms with E-state index in [1.54, 1.807) is 0 Å². The maximum absolute atomic E-state index is 10.7. The van der Waals surface area contributed by atoms with Crippen molar-refractivity contribution < 1.29 is 14.4 Å². The number of carbonyl (C=O) groups is 1. The van der Waals surface area contributed by atoms with Crippen molar-refractivity contribution in [1.82, 2.24) is 10.5 Å². The number of carboxylic acids is 1. The number of carboxylic acid groups (broad SMARTS) is 1. The second-order valence-electron chi connectivity index (χ2n) is 5.33. The van der Waals surface area contributed by atoms with Crippen molar-refractivity contribution in [3.63, 3.8) is 0 Å². The number of rotatable bonds is 4. The van der Waals surface area contributed by atoms with Crippen LogP contribution in [-0.4, -0.2) is 22.3 Å². The zero-order valence-corrected chi connectivity index (χ0v) is 10.8. The Morgan fingerprint density at radius 2 is 2.28 bits per heavy atom. The summed E-state index contributed by atoms with van der Waals surface area (Å²) in [4.78, 5) is 10.7. The van der Waals surface area contributed by atoms with Crippen molar-refractivity contribution in [1.29, 1.82) is 0 Å². The molecule has 0 radical (unpaired) electrons. The van der Waals surface area contributed by atoms with Crippen LogP contribution in [0.25, 0.3) is 0 Å². The Labute approximate surface area is 107 Å². The van der Waals surface area contributed by atoms with Gasteiger partial charge in [-0.05, 0) is 31.1 Å². The normalized spacial score (nSPS) is 28.2. The van der Waals surface area contributed by atoms with E-state index in [0.29, 0.717) is 18.3 Å². The largest absolute Gasteiger partial charge is 0.476 e. The van der Waals surface area contributed by atoms with Crippen molar-refractivity contribution in [2.24, 2.45) is 11.8 Å². The summed E-state index contributed by atoms with van der Waals surface area (Å²) in [5, 5.41) is 15.6. The fourth-order valence-electron chi connectivity index (χ4n) is 2.47. The molecule has 1 fully saturated rings. The summed E-state index contributed by atoms with van der Waals surface area (Å²) < 4.78 is 4.97. The molecule has 18 heavy (non-hydrogen) atoms. The monoisotopic (exact) mass is 252 g/mol. The lowest BCUT2D eigenvalue weighted by Crippen LogP contribution is -2.35. The molecule has 2 N–H and O–H groups in total. The van der Waals surface area contributed by atoms with Gasteiger partial charge in [0, 0.05) is 12.1 Å². The SMILES string of the molecule is CC1CCC(NCc2cc(C(=O)O)no2)CC1C. The Kier molecular flexibility index (Phi) is 4.01. The molecule has 1 aromatic rings. The molecule has 1 saturated carbocycles. The molecule has 0 spiro atoms. The van der Waals surface area contributed by atoms with Gasteiger partial charge in [0.1, 0.15) is 0 Å². The molecule has 2 rings (SSSR count). The summed E-state index contributed by atoms with van der Waals surface area (Å²) in [6.45, 7) is 5.14. The molecule has 5 nitrogen and oxygen atoms in total. The summed E-state index contributed by atoms with van der Waals surface area (Å²) in [5.41, 5.74) is -0.0302. The van der Waals surface area contributed by atoms with Crippen LogP contribution in [0.4, 0.5) is 0 Å². The minimum atomic E-state index is -1.05. The predicted molar refractivity (Wildman–Crippen MR) is 66.3 cm³/mol. The van der Waals surface area contributed by atoms with Gasteiger partial charge in [-0.3, -0.25) is 0 Å². The lowest BCUT2D eigenvalue weighted by molar-refractivity contribution is 0.0685. The zero-order valence-electron chi connectivity index (χ0n) is 10.8. The smallest absolute Gasteiger partial charge is 0.358 e. The van der Waals surface area contributed by atoms with Gasteiger partial charge >= 0.3 is 5.97 Å². The summed E-state index contributed by atoms with van der Waals surface area (Å²) in [5.74, 6) is 1.07. The molecule has 1 aromatic heterocycles. The van der Waals surface area contributed by atoms with Crippen LogP contribution in [0.1, 0.15) is 49.4 Å². The number of aromatic carboxylic acids is 1. The topological polar surface area (TPSA) is 75.4 Å². The van der Waals surface area contributed by atoms with Crippen molar-refractivity contribution in [2.75, 3.05) is 0 Å². The predicted octanol–water partition coefficient (Wildman–Crippen LogP) is 2.29. The Bertz CT molecular complexity index is 416. The Balaban J connectivity index is 1.82. The number of aromatic nitrogens is 1. The molecule has 0 aromatic carbocycles.